The molecule has 1 aliphatic rings. The van der Waals surface area contributed by atoms with Crippen molar-refractivity contribution in [3.63, 3.8) is 0 Å². The topological polar surface area (TPSA) is 66.8 Å². The van der Waals surface area contributed by atoms with Gasteiger partial charge in [-0.2, -0.15) is 0 Å². The number of hydrogen-bond acceptors (Lipinski definition) is 7. The highest BCUT2D eigenvalue weighted by atomic mass is 33.5. The van der Waals surface area contributed by atoms with Crippen molar-refractivity contribution in [1.82, 2.24) is 0 Å². The van der Waals surface area contributed by atoms with Crippen LogP contribution in [0.15, 0.2) is 10.8 Å². The van der Waals surface area contributed by atoms with Crippen molar-refractivity contribution in [2.45, 2.75) is 13.0 Å². The minimum atomic E-state index is -0.950. The average Bonchev–Trinajstić information content (AvgIpc) is 2.71. The molecule has 0 bridgehead atoms. The maximum Gasteiger partial charge on any atom is 0.302 e. The summed E-state index contributed by atoms with van der Waals surface area (Å²) in [5.41, 5.74) is 0. The van der Waals surface area contributed by atoms with Gasteiger partial charge in [0.2, 0.25) is 0 Å². The second kappa shape index (κ2) is 9.72. The van der Waals surface area contributed by atoms with Gasteiger partial charge in [0.25, 0.3) is 0 Å². The maximum absolute atomic E-state index is 10.0. The molecule has 0 spiro atoms. The monoisotopic (exact) mass is 256 g/mol. The van der Waals surface area contributed by atoms with Crippen LogP contribution >= 0.6 is 31.4 Å². The zero-order chi connectivity index (χ0) is 10.8. The molecule has 0 aliphatic carbocycles. The van der Waals surface area contributed by atoms with Crippen LogP contribution in [-0.4, -0.2) is 35.5 Å². The van der Waals surface area contributed by atoms with Gasteiger partial charge in [-0.3, -0.25) is 4.79 Å². The number of carbonyl (C=O) groups excluding carboxylic acids is 1. The van der Waals surface area contributed by atoms with Crippen LogP contribution in [0, 0.1) is 0 Å². The number of hydrogen-bond donors (Lipinski definition) is 2. The molecule has 0 aromatic carbocycles. The van der Waals surface area contributed by atoms with Crippen molar-refractivity contribution in [2.75, 3.05) is 13.2 Å². The predicted octanol–water partition coefficient (Wildman–Crippen LogP) is 1.40. The van der Waals surface area contributed by atoms with E-state index in [1.807, 2.05) is 0 Å². The van der Waals surface area contributed by atoms with Gasteiger partial charge in [0, 0.05) is 6.92 Å². The second-order valence-corrected chi connectivity index (χ2v) is 6.02. The predicted molar refractivity (Wildman–Crippen MR) is 61.6 cm³/mol. The molecule has 0 saturated heterocycles. The fourth-order valence-corrected chi connectivity index (χ4v) is 3.33. The van der Waals surface area contributed by atoms with Crippen LogP contribution in [-0.2, 0) is 9.53 Å². The summed E-state index contributed by atoms with van der Waals surface area (Å²) in [6, 6.07) is 0. The third kappa shape index (κ3) is 10.3. The molecule has 1 rings (SSSR count). The van der Waals surface area contributed by atoms with Gasteiger partial charge in [-0.15, -0.1) is 0 Å². The molecule has 2 N–H and O–H groups in total. The first-order valence-electron chi connectivity index (χ1n) is 3.73. The lowest BCUT2D eigenvalue weighted by molar-refractivity contribution is -0.144. The summed E-state index contributed by atoms with van der Waals surface area (Å²) in [4.78, 5) is 10.0. The van der Waals surface area contributed by atoms with Crippen molar-refractivity contribution in [1.29, 1.82) is 0 Å². The zero-order valence-electron chi connectivity index (χ0n) is 7.58. The van der Waals surface area contributed by atoms with Crippen LogP contribution < -0.4 is 0 Å². The van der Waals surface area contributed by atoms with E-state index >= 15 is 0 Å². The molecule has 7 heteroatoms. The molecule has 0 aromatic rings. The van der Waals surface area contributed by atoms with Crippen molar-refractivity contribution >= 4 is 37.4 Å². The zero-order valence-corrected chi connectivity index (χ0v) is 10.0. The Bertz CT molecular complexity index is 180. The van der Waals surface area contributed by atoms with E-state index in [1.54, 1.807) is 31.4 Å². The Morgan fingerprint density at radius 1 is 1.50 bits per heavy atom. The van der Waals surface area contributed by atoms with E-state index in [9.17, 15) is 4.79 Å². The van der Waals surface area contributed by atoms with Crippen LogP contribution in [0.3, 0.4) is 0 Å². The van der Waals surface area contributed by atoms with Gasteiger partial charge in [0.05, 0.1) is 6.61 Å². The summed E-state index contributed by atoms with van der Waals surface area (Å²) >= 11 is 0. The smallest absolute Gasteiger partial charge is 0.302 e. The number of ether oxygens (including phenoxy) is 1. The third-order valence-corrected chi connectivity index (χ3v) is 4.31. The Morgan fingerprint density at radius 3 is 2.36 bits per heavy atom. The minimum absolute atomic E-state index is 0.133. The van der Waals surface area contributed by atoms with Gasteiger partial charge in [-0.1, -0.05) is 21.6 Å². The number of aliphatic hydroxyl groups is 2. The second-order valence-electron chi connectivity index (χ2n) is 2.17. The Kier molecular flexibility index (Phi) is 9.85. The molecule has 4 nitrogen and oxygen atoms in total. The van der Waals surface area contributed by atoms with Gasteiger partial charge in [0.15, 0.2) is 0 Å². The molecule has 14 heavy (non-hydrogen) atoms. The average molecular weight is 256 g/mol. The first kappa shape index (κ1) is 14.2. The van der Waals surface area contributed by atoms with E-state index < -0.39 is 12.1 Å². The van der Waals surface area contributed by atoms with Gasteiger partial charge >= 0.3 is 5.97 Å². The summed E-state index contributed by atoms with van der Waals surface area (Å²) in [6.07, 6.45) is -0.950. The van der Waals surface area contributed by atoms with Gasteiger partial charge < -0.3 is 14.9 Å². The normalized spacial score (nSPS) is 15.6. The van der Waals surface area contributed by atoms with Crippen LogP contribution in [0.1, 0.15) is 6.92 Å². The summed E-state index contributed by atoms with van der Waals surface area (Å²) in [7, 11) is 5.34. The van der Waals surface area contributed by atoms with Gasteiger partial charge in [-0.25, -0.2) is 0 Å². The fraction of sp³-hybridized carbons (Fsp3) is 0.571. The molecule has 1 heterocycles. The van der Waals surface area contributed by atoms with E-state index in [4.69, 9.17) is 10.2 Å². The van der Waals surface area contributed by atoms with Crippen molar-refractivity contribution in [3.05, 3.63) is 10.8 Å². The van der Waals surface area contributed by atoms with Gasteiger partial charge in [-0.05, 0) is 20.6 Å². The number of aliphatic hydroxyl groups excluding tert-OH is 2. The molecule has 0 fully saturated rings. The molecule has 0 radical (unpaired) electrons. The Hall–Kier alpha value is 0.180. The largest absolute Gasteiger partial charge is 0.463 e. The van der Waals surface area contributed by atoms with Crippen molar-refractivity contribution in [3.8, 4) is 0 Å². The molecule has 0 amide bonds. The molecule has 1 aliphatic heterocycles. The Balaban J connectivity index is 0.000000280. The maximum atomic E-state index is 10.0. The molecule has 0 saturated carbocycles. The quantitative estimate of drug-likeness (QED) is 0.584. The molecule has 0 aromatic heterocycles. The lowest BCUT2D eigenvalue weighted by Crippen LogP contribution is -2.20. The highest BCUT2D eigenvalue weighted by Gasteiger charge is 2.02. The first-order valence-corrected chi connectivity index (χ1v) is 7.34. The van der Waals surface area contributed by atoms with Crippen molar-refractivity contribution in [2.24, 2.45) is 0 Å². The highest BCUT2D eigenvalue weighted by molar-refractivity contribution is 9.11. The van der Waals surface area contributed by atoms with Crippen molar-refractivity contribution < 1.29 is 19.7 Å². The Morgan fingerprint density at radius 2 is 2.07 bits per heavy atom. The van der Waals surface area contributed by atoms with Crippen LogP contribution in [0.25, 0.3) is 0 Å². The number of esters is 1. The van der Waals surface area contributed by atoms with E-state index in [1.165, 1.54) is 6.92 Å². The molecule has 1 atom stereocenters. The van der Waals surface area contributed by atoms with Gasteiger partial charge in [0.1, 0.15) is 12.7 Å². The molecular formula is C7H12O4S3. The fourth-order valence-electron chi connectivity index (χ4n) is 0.380. The lowest BCUT2D eigenvalue weighted by atomic mass is 10.4. The Labute approximate surface area is 94.3 Å². The lowest BCUT2D eigenvalue weighted by Gasteiger charge is -2.05. The van der Waals surface area contributed by atoms with Crippen LogP contribution in [0.5, 0.6) is 0 Å². The summed E-state index contributed by atoms with van der Waals surface area (Å²) < 4.78 is 4.35. The molecular weight excluding hydrogens is 244 g/mol. The van der Waals surface area contributed by atoms with E-state index in [-0.39, 0.29) is 13.2 Å². The third-order valence-electron chi connectivity index (χ3n) is 0.935. The number of carbonyl (C=O) groups is 1. The van der Waals surface area contributed by atoms with E-state index in [0.717, 1.165) is 0 Å². The highest BCUT2D eigenvalue weighted by Crippen LogP contribution is 2.42. The van der Waals surface area contributed by atoms with Crippen LogP contribution in [0.2, 0.25) is 0 Å². The molecule has 1 unspecified atom stereocenters. The summed E-state index contributed by atoms with van der Waals surface area (Å²) in [5, 5.41) is 20.9. The molecule has 82 valence electrons. The summed E-state index contributed by atoms with van der Waals surface area (Å²) in [6.45, 7) is 0.725. The SMILES string of the molecule is C1=CSSS1.CC(=O)OCC(O)CO. The van der Waals surface area contributed by atoms with E-state index in [2.05, 4.69) is 15.6 Å². The summed E-state index contributed by atoms with van der Waals surface area (Å²) in [5.74, 6) is -0.456. The van der Waals surface area contributed by atoms with Crippen LogP contribution in [0.4, 0.5) is 0 Å². The first-order chi connectivity index (χ1) is 6.66. The standard InChI is InChI=1S/C5H10O4.C2H2S3/c1-4(7)9-3-5(8)2-6;1-2-4-5-3-1/h5-6,8H,2-3H2,1H3;1-2H. The minimum Gasteiger partial charge on any atom is -0.463 e. The van der Waals surface area contributed by atoms with E-state index in [0.29, 0.717) is 0 Å². The number of rotatable bonds is 3.